The van der Waals surface area contributed by atoms with Gasteiger partial charge in [0.2, 0.25) is 0 Å². The minimum absolute atomic E-state index is 0.544. The van der Waals surface area contributed by atoms with E-state index in [1.54, 1.807) is 0 Å². The van der Waals surface area contributed by atoms with Gasteiger partial charge in [0.05, 0.1) is 0 Å². The van der Waals surface area contributed by atoms with Gasteiger partial charge in [-0.25, -0.2) is 0 Å². The van der Waals surface area contributed by atoms with Crippen LogP contribution in [-0.2, 0) is 4.79 Å². The summed E-state index contributed by atoms with van der Waals surface area (Å²) in [4.78, 5) is 11.6. The maximum atomic E-state index is 11.6. The van der Waals surface area contributed by atoms with Crippen molar-refractivity contribution in [1.29, 1.82) is 0 Å². The summed E-state index contributed by atoms with van der Waals surface area (Å²) in [6.07, 6.45) is 17.6. The lowest BCUT2D eigenvalue weighted by Gasteiger charge is -2.39. The summed E-state index contributed by atoms with van der Waals surface area (Å²) in [6, 6.07) is 0. The predicted octanol–water partition coefficient (Wildman–Crippen LogP) is 5.77. The number of hydrogen-bond acceptors (Lipinski definition) is 1. The molecule has 0 N–H and O–H groups in total. The molecule has 0 heterocycles. The summed E-state index contributed by atoms with van der Waals surface area (Å²) in [7, 11) is 0. The van der Waals surface area contributed by atoms with Crippen LogP contribution in [0.4, 0.5) is 0 Å². The highest BCUT2D eigenvalue weighted by atomic mass is 16.1. The van der Waals surface area contributed by atoms with Gasteiger partial charge in [-0.05, 0) is 48.9 Å². The Morgan fingerprint density at radius 3 is 2.24 bits per heavy atom. The van der Waals surface area contributed by atoms with E-state index in [1.165, 1.54) is 70.6 Å². The standard InChI is InChI=1S/C20H34O/c1-2-15-3-5-16(6-4-15)7-8-17-9-10-19-14-20(21)12-11-18(19)13-17/h15-19H,2-14H2,1H3. The first kappa shape index (κ1) is 15.6. The van der Waals surface area contributed by atoms with Crippen LogP contribution in [0.1, 0.15) is 90.4 Å². The fourth-order valence-corrected chi connectivity index (χ4v) is 5.45. The molecule has 0 aromatic rings. The fourth-order valence-electron chi connectivity index (χ4n) is 5.45. The maximum absolute atomic E-state index is 11.6. The number of fused-ring (bicyclic) bond motifs is 1. The molecular formula is C20H34O. The van der Waals surface area contributed by atoms with Crippen molar-refractivity contribution < 1.29 is 4.79 Å². The first-order valence-corrected chi connectivity index (χ1v) is 9.76. The lowest BCUT2D eigenvalue weighted by Crippen LogP contribution is -2.31. The van der Waals surface area contributed by atoms with Crippen LogP contribution in [-0.4, -0.2) is 5.78 Å². The van der Waals surface area contributed by atoms with Crippen LogP contribution >= 0.6 is 0 Å². The molecule has 21 heavy (non-hydrogen) atoms. The molecule has 3 unspecified atom stereocenters. The van der Waals surface area contributed by atoms with E-state index < -0.39 is 0 Å². The van der Waals surface area contributed by atoms with Crippen molar-refractivity contribution in [1.82, 2.24) is 0 Å². The minimum Gasteiger partial charge on any atom is -0.300 e. The van der Waals surface area contributed by atoms with Crippen molar-refractivity contribution in [3.63, 3.8) is 0 Å². The molecule has 0 radical (unpaired) electrons. The largest absolute Gasteiger partial charge is 0.300 e. The number of rotatable bonds is 4. The third-order valence-electron chi connectivity index (χ3n) is 7.06. The van der Waals surface area contributed by atoms with Crippen LogP contribution in [0, 0.1) is 29.6 Å². The van der Waals surface area contributed by atoms with Gasteiger partial charge in [0.15, 0.2) is 0 Å². The monoisotopic (exact) mass is 290 g/mol. The Morgan fingerprint density at radius 1 is 0.810 bits per heavy atom. The van der Waals surface area contributed by atoms with Gasteiger partial charge in [-0.15, -0.1) is 0 Å². The molecule has 1 nitrogen and oxygen atoms in total. The molecule has 3 fully saturated rings. The van der Waals surface area contributed by atoms with Crippen molar-refractivity contribution >= 4 is 5.78 Å². The second kappa shape index (κ2) is 7.29. The van der Waals surface area contributed by atoms with Crippen molar-refractivity contribution in [2.24, 2.45) is 29.6 Å². The van der Waals surface area contributed by atoms with Gasteiger partial charge in [0.1, 0.15) is 5.78 Å². The molecule has 0 bridgehead atoms. The lowest BCUT2D eigenvalue weighted by atomic mass is 9.66. The van der Waals surface area contributed by atoms with E-state index in [0.717, 1.165) is 42.4 Å². The van der Waals surface area contributed by atoms with Crippen molar-refractivity contribution in [2.75, 3.05) is 0 Å². The van der Waals surface area contributed by atoms with Gasteiger partial charge in [-0.1, -0.05) is 58.3 Å². The quantitative estimate of drug-likeness (QED) is 0.642. The third-order valence-corrected chi connectivity index (χ3v) is 7.06. The summed E-state index contributed by atoms with van der Waals surface area (Å²) in [5.41, 5.74) is 0. The third kappa shape index (κ3) is 4.11. The van der Waals surface area contributed by atoms with Crippen molar-refractivity contribution in [3.05, 3.63) is 0 Å². The molecule has 0 spiro atoms. The lowest BCUT2D eigenvalue weighted by molar-refractivity contribution is -0.123. The van der Waals surface area contributed by atoms with Crippen LogP contribution in [0.25, 0.3) is 0 Å². The van der Waals surface area contributed by atoms with E-state index in [-0.39, 0.29) is 0 Å². The molecule has 3 aliphatic rings. The Bertz CT molecular complexity index is 340. The van der Waals surface area contributed by atoms with E-state index in [9.17, 15) is 4.79 Å². The molecule has 3 atom stereocenters. The van der Waals surface area contributed by atoms with Gasteiger partial charge in [-0.3, -0.25) is 4.79 Å². The topological polar surface area (TPSA) is 17.1 Å². The van der Waals surface area contributed by atoms with Crippen molar-refractivity contribution in [2.45, 2.75) is 90.4 Å². The van der Waals surface area contributed by atoms with Gasteiger partial charge in [0.25, 0.3) is 0 Å². The predicted molar refractivity (Wildman–Crippen MR) is 88.2 cm³/mol. The minimum atomic E-state index is 0.544. The number of Topliss-reactive ketones (excluding diaryl/α,β-unsaturated/α-hetero) is 1. The van der Waals surface area contributed by atoms with E-state index in [4.69, 9.17) is 0 Å². The highest BCUT2D eigenvalue weighted by Gasteiger charge is 2.35. The molecule has 0 amide bonds. The highest BCUT2D eigenvalue weighted by Crippen LogP contribution is 2.44. The zero-order valence-corrected chi connectivity index (χ0v) is 14.0. The molecule has 3 saturated carbocycles. The van der Waals surface area contributed by atoms with E-state index in [1.807, 2.05) is 0 Å². The molecule has 0 aliphatic heterocycles. The van der Waals surface area contributed by atoms with Crippen LogP contribution in [0.5, 0.6) is 0 Å². The maximum Gasteiger partial charge on any atom is 0.133 e. The van der Waals surface area contributed by atoms with Crippen LogP contribution < -0.4 is 0 Å². The van der Waals surface area contributed by atoms with Gasteiger partial charge >= 0.3 is 0 Å². The second-order valence-corrected chi connectivity index (χ2v) is 8.35. The summed E-state index contributed by atoms with van der Waals surface area (Å²) in [6.45, 7) is 2.36. The Hall–Kier alpha value is -0.330. The number of ketones is 1. The van der Waals surface area contributed by atoms with Crippen LogP contribution in [0.15, 0.2) is 0 Å². The van der Waals surface area contributed by atoms with E-state index in [2.05, 4.69) is 6.92 Å². The Morgan fingerprint density at radius 2 is 1.48 bits per heavy atom. The Kier molecular flexibility index (Phi) is 5.40. The average Bonchev–Trinajstić information content (AvgIpc) is 2.53. The Labute approximate surface area is 131 Å². The molecule has 3 aliphatic carbocycles. The van der Waals surface area contributed by atoms with Gasteiger partial charge in [0, 0.05) is 12.8 Å². The van der Waals surface area contributed by atoms with Crippen LogP contribution in [0.3, 0.4) is 0 Å². The molecule has 0 aromatic heterocycles. The average molecular weight is 290 g/mol. The first-order chi connectivity index (χ1) is 10.2. The highest BCUT2D eigenvalue weighted by molar-refractivity contribution is 5.79. The first-order valence-electron chi connectivity index (χ1n) is 9.76. The van der Waals surface area contributed by atoms with Crippen molar-refractivity contribution in [3.8, 4) is 0 Å². The molecule has 0 aromatic carbocycles. The molecular weight excluding hydrogens is 256 g/mol. The van der Waals surface area contributed by atoms with Crippen LogP contribution in [0.2, 0.25) is 0 Å². The summed E-state index contributed by atoms with van der Waals surface area (Å²) in [5, 5.41) is 0. The SMILES string of the molecule is CCC1CCC(CCC2CCC3CC(=O)CCC3C2)CC1. The van der Waals surface area contributed by atoms with E-state index >= 15 is 0 Å². The second-order valence-electron chi connectivity index (χ2n) is 8.35. The van der Waals surface area contributed by atoms with Gasteiger partial charge < -0.3 is 0 Å². The molecule has 1 heteroatoms. The zero-order valence-electron chi connectivity index (χ0n) is 14.0. The van der Waals surface area contributed by atoms with Gasteiger partial charge in [-0.2, -0.15) is 0 Å². The molecule has 3 rings (SSSR count). The fraction of sp³-hybridized carbons (Fsp3) is 0.950. The number of carbonyl (C=O) groups is 1. The summed E-state index contributed by atoms with van der Waals surface area (Å²) >= 11 is 0. The molecule has 120 valence electrons. The normalized spacial score (nSPS) is 40.8. The number of carbonyl (C=O) groups excluding carboxylic acids is 1. The summed E-state index contributed by atoms with van der Waals surface area (Å²) in [5.74, 6) is 5.28. The summed E-state index contributed by atoms with van der Waals surface area (Å²) < 4.78 is 0. The molecule has 0 saturated heterocycles. The number of hydrogen-bond donors (Lipinski definition) is 0. The Balaban J connectivity index is 1.38. The van der Waals surface area contributed by atoms with E-state index in [0.29, 0.717) is 5.78 Å². The smallest absolute Gasteiger partial charge is 0.133 e. The zero-order chi connectivity index (χ0) is 14.7.